The SMILES string of the molecule is NCc1cc(F)c(Sc2cccc(Br)c2)c(F)c1. The van der Waals surface area contributed by atoms with E-state index in [1.165, 1.54) is 12.1 Å². The summed E-state index contributed by atoms with van der Waals surface area (Å²) in [4.78, 5) is 0.757. The Morgan fingerprint density at radius 3 is 2.33 bits per heavy atom. The molecule has 0 aliphatic rings. The van der Waals surface area contributed by atoms with Gasteiger partial charge in [-0.15, -0.1) is 0 Å². The molecule has 2 N–H and O–H groups in total. The van der Waals surface area contributed by atoms with Crippen molar-refractivity contribution in [3.05, 3.63) is 58.1 Å². The van der Waals surface area contributed by atoms with Crippen molar-refractivity contribution in [2.24, 2.45) is 5.73 Å². The van der Waals surface area contributed by atoms with Gasteiger partial charge in [0.25, 0.3) is 0 Å². The Hall–Kier alpha value is -0.910. The highest BCUT2D eigenvalue weighted by Crippen LogP contribution is 2.33. The average molecular weight is 330 g/mol. The molecule has 18 heavy (non-hydrogen) atoms. The zero-order chi connectivity index (χ0) is 13.1. The number of rotatable bonds is 3. The molecule has 0 bridgehead atoms. The maximum absolute atomic E-state index is 13.8. The highest BCUT2D eigenvalue weighted by molar-refractivity contribution is 9.10. The third kappa shape index (κ3) is 3.10. The fraction of sp³-hybridized carbons (Fsp3) is 0.0769. The van der Waals surface area contributed by atoms with Gasteiger partial charge in [0.05, 0.1) is 4.90 Å². The van der Waals surface area contributed by atoms with Gasteiger partial charge in [-0.3, -0.25) is 0 Å². The molecule has 5 heteroatoms. The Kier molecular flexibility index (Phi) is 4.37. The van der Waals surface area contributed by atoms with E-state index in [0.29, 0.717) is 5.56 Å². The fourth-order valence-corrected chi connectivity index (χ4v) is 2.91. The maximum Gasteiger partial charge on any atom is 0.140 e. The van der Waals surface area contributed by atoms with Gasteiger partial charge in [0.2, 0.25) is 0 Å². The molecule has 0 saturated heterocycles. The van der Waals surface area contributed by atoms with Gasteiger partial charge < -0.3 is 5.73 Å². The second-order valence-electron chi connectivity index (χ2n) is 3.65. The molecule has 0 unspecified atom stereocenters. The molecule has 94 valence electrons. The van der Waals surface area contributed by atoms with E-state index in [1.54, 1.807) is 12.1 Å². The third-order valence-corrected chi connectivity index (χ3v) is 3.89. The molecule has 2 rings (SSSR count). The van der Waals surface area contributed by atoms with Crippen LogP contribution in [0.4, 0.5) is 8.78 Å². The van der Waals surface area contributed by atoms with Crippen LogP contribution in [0.5, 0.6) is 0 Å². The van der Waals surface area contributed by atoms with Gasteiger partial charge >= 0.3 is 0 Å². The van der Waals surface area contributed by atoms with Crippen LogP contribution in [0.15, 0.2) is 50.7 Å². The molecule has 2 aromatic rings. The van der Waals surface area contributed by atoms with Gasteiger partial charge in [-0.05, 0) is 35.9 Å². The maximum atomic E-state index is 13.8. The number of nitrogens with two attached hydrogens (primary N) is 1. The number of halogens is 3. The molecule has 2 aromatic carbocycles. The third-order valence-electron chi connectivity index (χ3n) is 2.31. The molecule has 0 amide bonds. The summed E-state index contributed by atoms with van der Waals surface area (Å²) in [5.74, 6) is -1.17. The normalized spacial score (nSPS) is 10.7. The van der Waals surface area contributed by atoms with Gasteiger partial charge in [0, 0.05) is 15.9 Å². The standard InChI is InChI=1S/C13H10BrF2NS/c14-9-2-1-3-10(6-9)18-13-11(15)4-8(7-17)5-12(13)16/h1-6H,7,17H2. The van der Waals surface area contributed by atoms with E-state index in [2.05, 4.69) is 15.9 Å². The second-order valence-corrected chi connectivity index (χ2v) is 5.65. The van der Waals surface area contributed by atoms with Crippen LogP contribution >= 0.6 is 27.7 Å². The molecule has 0 atom stereocenters. The van der Waals surface area contributed by atoms with Crippen molar-refractivity contribution in [3.8, 4) is 0 Å². The second kappa shape index (κ2) is 5.82. The monoisotopic (exact) mass is 329 g/mol. The van der Waals surface area contributed by atoms with Crippen molar-refractivity contribution in [2.75, 3.05) is 0 Å². The highest BCUT2D eigenvalue weighted by atomic mass is 79.9. The summed E-state index contributed by atoms with van der Waals surface area (Å²) in [5, 5.41) is 0. The Bertz CT molecular complexity index is 552. The lowest BCUT2D eigenvalue weighted by molar-refractivity contribution is 0.537. The largest absolute Gasteiger partial charge is 0.326 e. The summed E-state index contributed by atoms with van der Waals surface area (Å²) in [6.45, 7) is 0.121. The van der Waals surface area contributed by atoms with Gasteiger partial charge in [-0.25, -0.2) is 8.78 Å². The average Bonchev–Trinajstić information content (AvgIpc) is 2.33. The summed E-state index contributed by atoms with van der Waals surface area (Å²) < 4.78 is 28.4. The first-order chi connectivity index (χ1) is 8.60. The van der Waals surface area contributed by atoms with Gasteiger partial charge in [0.1, 0.15) is 11.6 Å². The van der Waals surface area contributed by atoms with E-state index in [9.17, 15) is 8.78 Å². The van der Waals surface area contributed by atoms with Crippen molar-refractivity contribution in [3.63, 3.8) is 0 Å². The van der Waals surface area contributed by atoms with E-state index < -0.39 is 11.6 Å². The van der Waals surface area contributed by atoms with E-state index in [-0.39, 0.29) is 11.4 Å². The Morgan fingerprint density at radius 1 is 1.11 bits per heavy atom. The molecule has 0 radical (unpaired) electrons. The molecule has 0 aliphatic carbocycles. The molecule has 0 heterocycles. The van der Waals surface area contributed by atoms with Crippen molar-refractivity contribution >= 4 is 27.7 Å². The fourth-order valence-electron chi connectivity index (χ4n) is 1.48. The van der Waals surface area contributed by atoms with E-state index >= 15 is 0 Å². The first-order valence-electron chi connectivity index (χ1n) is 5.21. The summed E-state index contributed by atoms with van der Waals surface area (Å²) in [6, 6.07) is 9.81. The van der Waals surface area contributed by atoms with Crippen molar-refractivity contribution in [1.82, 2.24) is 0 Å². The van der Waals surface area contributed by atoms with Gasteiger partial charge in [0.15, 0.2) is 0 Å². The Balaban J connectivity index is 2.35. The summed E-state index contributed by atoms with van der Waals surface area (Å²) in [5.41, 5.74) is 5.81. The van der Waals surface area contributed by atoms with E-state index in [1.807, 2.05) is 12.1 Å². The predicted molar refractivity (Wildman–Crippen MR) is 72.5 cm³/mol. The molecule has 0 fully saturated rings. The lowest BCUT2D eigenvalue weighted by Gasteiger charge is -2.07. The number of hydrogen-bond acceptors (Lipinski definition) is 2. The lowest BCUT2D eigenvalue weighted by atomic mass is 10.2. The lowest BCUT2D eigenvalue weighted by Crippen LogP contribution is -1.99. The van der Waals surface area contributed by atoms with Crippen LogP contribution in [0.25, 0.3) is 0 Å². The molecule has 0 spiro atoms. The Labute approximate surface area is 117 Å². The van der Waals surface area contributed by atoms with E-state index in [0.717, 1.165) is 21.1 Å². The van der Waals surface area contributed by atoms with E-state index in [4.69, 9.17) is 5.73 Å². The zero-order valence-electron chi connectivity index (χ0n) is 9.29. The predicted octanol–water partition coefficient (Wildman–Crippen LogP) is 4.34. The van der Waals surface area contributed by atoms with Crippen molar-refractivity contribution < 1.29 is 8.78 Å². The van der Waals surface area contributed by atoms with Crippen LogP contribution in [0.2, 0.25) is 0 Å². The minimum Gasteiger partial charge on any atom is -0.326 e. The first kappa shape index (κ1) is 13.5. The summed E-state index contributed by atoms with van der Waals surface area (Å²) in [6.07, 6.45) is 0. The zero-order valence-corrected chi connectivity index (χ0v) is 11.7. The van der Waals surface area contributed by atoms with Crippen molar-refractivity contribution in [2.45, 2.75) is 16.3 Å². The van der Waals surface area contributed by atoms with Crippen LogP contribution in [0.3, 0.4) is 0 Å². The molecule has 0 aliphatic heterocycles. The van der Waals surface area contributed by atoms with Gasteiger partial charge in [-0.2, -0.15) is 0 Å². The number of benzene rings is 2. The highest BCUT2D eigenvalue weighted by Gasteiger charge is 2.12. The molecular formula is C13H10BrF2NS. The number of hydrogen-bond donors (Lipinski definition) is 1. The minimum atomic E-state index is -0.583. The van der Waals surface area contributed by atoms with Crippen LogP contribution in [0.1, 0.15) is 5.56 Å². The first-order valence-corrected chi connectivity index (χ1v) is 6.82. The molecule has 0 aromatic heterocycles. The topological polar surface area (TPSA) is 26.0 Å². The van der Waals surface area contributed by atoms with Crippen molar-refractivity contribution in [1.29, 1.82) is 0 Å². The molecule has 1 nitrogen and oxygen atoms in total. The Morgan fingerprint density at radius 2 is 1.78 bits per heavy atom. The summed E-state index contributed by atoms with van der Waals surface area (Å²) in [7, 11) is 0. The van der Waals surface area contributed by atoms with Crippen LogP contribution in [0, 0.1) is 11.6 Å². The van der Waals surface area contributed by atoms with Gasteiger partial charge in [-0.1, -0.05) is 33.8 Å². The quantitative estimate of drug-likeness (QED) is 0.906. The summed E-state index contributed by atoms with van der Waals surface area (Å²) >= 11 is 4.37. The minimum absolute atomic E-state index is 0.00898. The molecule has 0 saturated carbocycles. The smallest absolute Gasteiger partial charge is 0.140 e. The van der Waals surface area contributed by atoms with Crippen LogP contribution in [-0.2, 0) is 6.54 Å². The van der Waals surface area contributed by atoms with Crippen LogP contribution < -0.4 is 5.73 Å². The molecular weight excluding hydrogens is 320 g/mol. The van der Waals surface area contributed by atoms with Crippen LogP contribution in [-0.4, -0.2) is 0 Å².